The summed E-state index contributed by atoms with van der Waals surface area (Å²) in [5.74, 6) is -1.27. The van der Waals surface area contributed by atoms with Gasteiger partial charge in [-0.15, -0.1) is 0 Å². The molecule has 0 amide bonds. The highest BCUT2D eigenvalue weighted by Crippen LogP contribution is 2.24. The highest BCUT2D eigenvalue weighted by molar-refractivity contribution is 5.91. The van der Waals surface area contributed by atoms with E-state index < -0.39 is 18.1 Å². The molecule has 4 nitrogen and oxygen atoms in total. The van der Waals surface area contributed by atoms with Crippen LogP contribution in [-0.2, 0) is 6.54 Å². The fraction of sp³-hybridized carbons (Fsp3) is 0.333. The second-order valence-corrected chi connectivity index (χ2v) is 2.99. The average Bonchev–Trinajstić information content (AvgIpc) is 2.15. The maximum Gasteiger partial charge on any atom is 0.336 e. The first kappa shape index (κ1) is 11.5. The van der Waals surface area contributed by atoms with Gasteiger partial charge in [0.15, 0.2) is 0 Å². The van der Waals surface area contributed by atoms with Crippen molar-refractivity contribution >= 4 is 5.97 Å². The number of hydrogen-bond donors (Lipinski definition) is 2. The van der Waals surface area contributed by atoms with Crippen molar-refractivity contribution in [3.63, 3.8) is 0 Å². The van der Waals surface area contributed by atoms with Gasteiger partial charge in [-0.25, -0.2) is 13.6 Å². The summed E-state index contributed by atoms with van der Waals surface area (Å²) in [6.45, 7) is 1.22. The highest BCUT2D eigenvalue weighted by Gasteiger charge is 2.21. The van der Waals surface area contributed by atoms with Crippen molar-refractivity contribution in [2.24, 2.45) is 5.73 Å². The summed E-state index contributed by atoms with van der Waals surface area (Å²) in [4.78, 5) is 14.3. The average molecular weight is 216 g/mol. The van der Waals surface area contributed by atoms with Crippen LogP contribution in [0.3, 0.4) is 0 Å². The summed E-state index contributed by atoms with van der Waals surface area (Å²) >= 11 is 0. The van der Waals surface area contributed by atoms with Gasteiger partial charge in [-0.05, 0) is 12.5 Å². The summed E-state index contributed by atoms with van der Waals surface area (Å²) in [5.41, 5.74) is 4.75. The van der Waals surface area contributed by atoms with Gasteiger partial charge >= 0.3 is 5.97 Å². The molecule has 1 rings (SSSR count). The van der Waals surface area contributed by atoms with Crippen LogP contribution in [0, 0.1) is 6.92 Å². The van der Waals surface area contributed by atoms with E-state index in [4.69, 9.17) is 10.8 Å². The molecule has 1 aromatic rings. The van der Waals surface area contributed by atoms with E-state index in [9.17, 15) is 13.6 Å². The molecule has 6 heteroatoms. The van der Waals surface area contributed by atoms with Gasteiger partial charge < -0.3 is 10.8 Å². The predicted molar refractivity (Wildman–Crippen MR) is 48.8 cm³/mol. The molecule has 0 bridgehead atoms. The van der Waals surface area contributed by atoms with Crippen molar-refractivity contribution < 1.29 is 18.7 Å². The molecule has 0 saturated carbocycles. The summed E-state index contributed by atoms with van der Waals surface area (Å²) < 4.78 is 25.0. The Kier molecular flexibility index (Phi) is 3.31. The molecule has 0 aliphatic rings. The monoisotopic (exact) mass is 216 g/mol. The summed E-state index contributed by atoms with van der Waals surface area (Å²) in [5, 5.41) is 8.86. The Hall–Kier alpha value is -1.56. The first-order chi connectivity index (χ1) is 6.99. The molecule has 82 valence electrons. The Morgan fingerprint density at radius 1 is 1.67 bits per heavy atom. The van der Waals surface area contributed by atoms with Crippen LogP contribution in [0.25, 0.3) is 0 Å². The summed E-state index contributed by atoms with van der Waals surface area (Å²) in [6, 6.07) is 0. The lowest BCUT2D eigenvalue weighted by Gasteiger charge is -2.11. The Morgan fingerprint density at radius 2 is 2.27 bits per heavy atom. The SMILES string of the molecule is Cc1cnc(C(F)F)c(CN)c1C(=O)O. The van der Waals surface area contributed by atoms with Crippen LogP contribution in [0.5, 0.6) is 0 Å². The number of hydrogen-bond acceptors (Lipinski definition) is 3. The molecule has 0 spiro atoms. The molecular formula is C9H10F2N2O2. The van der Waals surface area contributed by atoms with Gasteiger partial charge in [0.25, 0.3) is 6.43 Å². The number of aryl methyl sites for hydroxylation is 1. The quantitative estimate of drug-likeness (QED) is 0.802. The minimum Gasteiger partial charge on any atom is -0.478 e. The van der Waals surface area contributed by atoms with Crippen LogP contribution in [0.15, 0.2) is 6.20 Å². The van der Waals surface area contributed by atoms with E-state index >= 15 is 0 Å². The van der Waals surface area contributed by atoms with Gasteiger partial charge in [-0.1, -0.05) is 0 Å². The molecule has 0 saturated heterocycles. The van der Waals surface area contributed by atoms with E-state index in [1.807, 2.05) is 0 Å². The number of carbonyl (C=O) groups is 1. The van der Waals surface area contributed by atoms with E-state index in [1.54, 1.807) is 0 Å². The number of nitrogens with two attached hydrogens (primary N) is 1. The van der Waals surface area contributed by atoms with Gasteiger partial charge in [0, 0.05) is 18.3 Å². The number of aromatic carboxylic acids is 1. The third kappa shape index (κ3) is 2.10. The molecule has 0 aromatic carbocycles. The lowest BCUT2D eigenvalue weighted by Crippen LogP contribution is -2.14. The largest absolute Gasteiger partial charge is 0.478 e. The van der Waals surface area contributed by atoms with E-state index in [0.29, 0.717) is 5.56 Å². The minimum absolute atomic E-state index is 0.0995. The van der Waals surface area contributed by atoms with Crippen molar-refractivity contribution in [2.75, 3.05) is 0 Å². The van der Waals surface area contributed by atoms with Gasteiger partial charge in [0.05, 0.1) is 5.56 Å². The number of rotatable bonds is 3. The van der Waals surface area contributed by atoms with E-state index in [0.717, 1.165) is 6.20 Å². The molecule has 0 atom stereocenters. The van der Waals surface area contributed by atoms with Gasteiger partial charge in [-0.3, -0.25) is 4.98 Å². The Balaban J connectivity index is 3.47. The third-order valence-electron chi connectivity index (χ3n) is 2.03. The molecule has 3 N–H and O–H groups in total. The Labute approximate surface area is 84.7 Å². The number of carboxylic acid groups (broad SMARTS) is 1. The zero-order valence-electron chi connectivity index (χ0n) is 8.00. The van der Waals surface area contributed by atoms with E-state index in [1.165, 1.54) is 6.92 Å². The lowest BCUT2D eigenvalue weighted by molar-refractivity contribution is 0.0694. The normalized spacial score (nSPS) is 10.7. The van der Waals surface area contributed by atoms with Crippen LogP contribution in [0.4, 0.5) is 8.78 Å². The van der Waals surface area contributed by atoms with Gasteiger partial charge in [-0.2, -0.15) is 0 Å². The van der Waals surface area contributed by atoms with Crippen molar-refractivity contribution in [2.45, 2.75) is 19.9 Å². The summed E-state index contributed by atoms with van der Waals surface area (Å²) in [6.07, 6.45) is -1.70. The Bertz CT molecular complexity index is 394. The minimum atomic E-state index is -2.82. The highest BCUT2D eigenvalue weighted by atomic mass is 19.3. The first-order valence-corrected chi connectivity index (χ1v) is 4.19. The summed E-state index contributed by atoms with van der Waals surface area (Å²) in [7, 11) is 0. The molecule has 0 unspecified atom stereocenters. The maximum atomic E-state index is 12.5. The number of pyridine rings is 1. The lowest BCUT2D eigenvalue weighted by atomic mass is 10.0. The molecule has 0 aliphatic carbocycles. The standard InChI is InChI=1S/C9H10F2N2O2/c1-4-3-13-7(8(10)11)5(2-12)6(4)9(14)15/h3,8H,2,12H2,1H3,(H,14,15). The fourth-order valence-corrected chi connectivity index (χ4v) is 1.37. The van der Waals surface area contributed by atoms with Gasteiger partial charge in [0.2, 0.25) is 0 Å². The van der Waals surface area contributed by atoms with Crippen LogP contribution < -0.4 is 5.73 Å². The van der Waals surface area contributed by atoms with Crippen LogP contribution >= 0.6 is 0 Å². The van der Waals surface area contributed by atoms with Gasteiger partial charge in [0.1, 0.15) is 5.69 Å². The third-order valence-corrected chi connectivity index (χ3v) is 2.03. The number of carboxylic acids is 1. The van der Waals surface area contributed by atoms with Crippen molar-refractivity contribution in [3.05, 3.63) is 28.6 Å². The second-order valence-electron chi connectivity index (χ2n) is 2.99. The van der Waals surface area contributed by atoms with E-state index in [2.05, 4.69) is 4.98 Å². The number of alkyl halides is 2. The molecule has 0 radical (unpaired) electrons. The zero-order valence-corrected chi connectivity index (χ0v) is 8.00. The zero-order chi connectivity index (χ0) is 11.6. The molecule has 15 heavy (non-hydrogen) atoms. The van der Waals surface area contributed by atoms with Crippen molar-refractivity contribution in [1.29, 1.82) is 0 Å². The number of nitrogens with zero attached hydrogens (tertiary/aromatic N) is 1. The van der Waals surface area contributed by atoms with Crippen molar-refractivity contribution in [1.82, 2.24) is 4.98 Å². The maximum absolute atomic E-state index is 12.5. The van der Waals surface area contributed by atoms with E-state index in [-0.39, 0.29) is 17.7 Å². The number of aromatic nitrogens is 1. The molecule has 1 aromatic heterocycles. The molecular weight excluding hydrogens is 206 g/mol. The van der Waals surface area contributed by atoms with Crippen LogP contribution in [-0.4, -0.2) is 16.1 Å². The van der Waals surface area contributed by atoms with Crippen LogP contribution in [0.1, 0.15) is 33.6 Å². The second kappa shape index (κ2) is 4.31. The molecule has 0 aliphatic heterocycles. The molecule has 0 fully saturated rings. The smallest absolute Gasteiger partial charge is 0.336 e. The fourth-order valence-electron chi connectivity index (χ4n) is 1.37. The van der Waals surface area contributed by atoms with Crippen molar-refractivity contribution in [3.8, 4) is 0 Å². The Morgan fingerprint density at radius 3 is 2.67 bits per heavy atom. The topological polar surface area (TPSA) is 76.2 Å². The van der Waals surface area contributed by atoms with Crippen LogP contribution in [0.2, 0.25) is 0 Å². The number of halogens is 2. The predicted octanol–water partition coefficient (Wildman–Crippen LogP) is 1.48. The molecule has 1 heterocycles. The first-order valence-electron chi connectivity index (χ1n) is 4.19.